The lowest BCUT2D eigenvalue weighted by Gasteiger charge is -2.07. The molecule has 1 aromatic heterocycles. The number of rotatable bonds is 2. The van der Waals surface area contributed by atoms with Crippen LogP contribution in [0.3, 0.4) is 0 Å². The van der Waals surface area contributed by atoms with Crippen LogP contribution in [0.25, 0.3) is 0 Å². The van der Waals surface area contributed by atoms with Crippen LogP contribution < -0.4 is 11.5 Å². The van der Waals surface area contributed by atoms with Gasteiger partial charge in [0.05, 0.1) is 11.4 Å². The quantitative estimate of drug-likeness (QED) is 0.641. The van der Waals surface area contributed by atoms with Crippen molar-refractivity contribution in [3.05, 3.63) is 17.5 Å². The number of nitrogens with zero attached hydrogens (tertiary/aromatic N) is 1. The number of pyridine rings is 1. The van der Waals surface area contributed by atoms with Crippen LogP contribution >= 0.6 is 0 Å². The average molecular weight is 189 g/mol. The summed E-state index contributed by atoms with van der Waals surface area (Å²) in [6, 6.07) is 0.930. The largest absolute Gasteiger partial charge is 0.504 e. The highest BCUT2D eigenvalue weighted by atomic mass is 19.3. The molecule has 0 aromatic carbocycles. The zero-order valence-corrected chi connectivity index (χ0v) is 6.67. The Hall–Kier alpha value is -1.43. The second-order valence-corrected chi connectivity index (χ2v) is 2.44. The molecule has 0 aliphatic carbocycles. The van der Waals surface area contributed by atoms with Crippen LogP contribution in [0, 0.1) is 0 Å². The molecule has 4 nitrogen and oxygen atoms in total. The number of nitrogen functional groups attached to an aromatic ring is 1. The number of aromatic nitrogens is 1. The molecule has 0 amide bonds. The predicted molar refractivity (Wildman–Crippen MR) is 43.2 cm³/mol. The van der Waals surface area contributed by atoms with E-state index in [1.54, 1.807) is 0 Å². The van der Waals surface area contributed by atoms with E-state index in [2.05, 4.69) is 4.98 Å². The van der Waals surface area contributed by atoms with Gasteiger partial charge in [-0.2, -0.15) is 0 Å². The summed E-state index contributed by atoms with van der Waals surface area (Å²) in [6.07, 6.45) is -2.71. The first-order valence-corrected chi connectivity index (χ1v) is 3.52. The molecule has 72 valence electrons. The van der Waals surface area contributed by atoms with Gasteiger partial charge in [0.15, 0.2) is 5.75 Å². The maximum atomic E-state index is 12.2. The van der Waals surface area contributed by atoms with Gasteiger partial charge < -0.3 is 16.6 Å². The highest BCUT2D eigenvalue weighted by Gasteiger charge is 2.14. The maximum Gasteiger partial charge on any atom is 0.280 e. The lowest BCUT2D eigenvalue weighted by Crippen LogP contribution is -2.05. The average Bonchev–Trinajstić information content (AvgIpc) is 2.09. The zero-order valence-electron chi connectivity index (χ0n) is 6.67. The third-order valence-electron chi connectivity index (χ3n) is 1.53. The molecular weight excluding hydrogens is 180 g/mol. The van der Waals surface area contributed by atoms with Crippen molar-refractivity contribution in [2.75, 3.05) is 5.73 Å². The Kier molecular flexibility index (Phi) is 2.62. The number of alkyl halides is 2. The second-order valence-electron chi connectivity index (χ2n) is 2.44. The minimum absolute atomic E-state index is 0.0182. The Bertz CT molecular complexity index is 317. The van der Waals surface area contributed by atoms with Crippen LogP contribution in [0.2, 0.25) is 0 Å². The Morgan fingerprint density at radius 1 is 1.54 bits per heavy atom. The van der Waals surface area contributed by atoms with Crippen LogP contribution in [0.5, 0.6) is 5.75 Å². The number of halogens is 2. The van der Waals surface area contributed by atoms with Crippen molar-refractivity contribution in [3.8, 4) is 5.75 Å². The monoisotopic (exact) mass is 189 g/mol. The minimum Gasteiger partial charge on any atom is -0.504 e. The summed E-state index contributed by atoms with van der Waals surface area (Å²) in [5.41, 5.74) is 9.79. The van der Waals surface area contributed by atoms with E-state index in [1.807, 2.05) is 0 Å². The van der Waals surface area contributed by atoms with E-state index in [0.29, 0.717) is 0 Å². The van der Waals surface area contributed by atoms with Crippen molar-refractivity contribution in [3.63, 3.8) is 0 Å². The first-order chi connectivity index (χ1) is 6.06. The lowest BCUT2D eigenvalue weighted by atomic mass is 10.2. The van der Waals surface area contributed by atoms with Gasteiger partial charge >= 0.3 is 0 Å². The second kappa shape index (κ2) is 3.53. The van der Waals surface area contributed by atoms with Crippen LogP contribution in [-0.4, -0.2) is 10.1 Å². The molecule has 0 unspecified atom stereocenters. The number of aromatic hydroxyl groups is 1. The fourth-order valence-electron chi connectivity index (χ4n) is 0.889. The Balaban J connectivity index is 3.22. The van der Waals surface area contributed by atoms with Gasteiger partial charge in [0.25, 0.3) is 6.43 Å². The zero-order chi connectivity index (χ0) is 10.0. The van der Waals surface area contributed by atoms with Crippen molar-refractivity contribution in [1.29, 1.82) is 0 Å². The van der Waals surface area contributed by atoms with E-state index < -0.39 is 12.1 Å². The summed E-state index contributed by atoms with van der Waals surface area (Å²) in [6.45, 7) is -0.128. The van der Waals surface area contributed by atoms with Gasteiger partial charge in [-0.1, -0.05) is 0 Å². The molecule has 0 fully saturated rings. The molecule has 0 saturated carbocycles. The maximum absolute atomic E-state index is 12.2. The first-order valence-electron chi connectivity index (χ1n) is 3.52. The first kappa shape index (κ1) is 9.66. The molecule has 1 rings (SSSR count). The SMILES string of the molecule is NCc1nc(C(F)F)cc(N)c1O. The molecule has 13 heavy (non-hydrogen) atoms. The van der Waals surface area contributed by atoms with Crippen molar-refractivity contribution in [1.82, 2.24) is 4.98 Å². The standard InChI is InChI=1S/C7H9F2N3O/c8-7(9)4-1-3(11)6(13)5(2-10)12-4/h1,7,13H,2,10H2,(H2,11,12). The fourth-order valence-corrected chi connectivity index (χ4v) is 0.889. The molecule has 1 heterocycles. The molecule has 0 aliphatic heterocycles. The van der Waals surface area contributed by atoms with Gasteiger partial charge in [-0.05, 0) is 6.07 Å². The molecule has 0 aliphatic rings. The Labute approximate surface area is 73.2 Å². The Morgan fingerprint density at radius 3 is 2.62 bits per heavy atom. The predicted octanol–water partition coefficient (Wildman–Crippen LogP) is 0.766. The highest BCUT2D eigenvalue weighted by molar-refractivity contribution is 5.54. The third kappa shape index (κ3) is 1.83. The molecular formula is C7H9F2N3O. The number of nitrogens with two attached hydrogens (primary N) is 2. The molecule has 0 atom stereocenters. The number of hydrogen-bond donors (Lipinski definition) is 3. The molecule has 0 radical (unpaired) electrons. The number of hydrogen-bond acceptors (Lipinski definition) is 4. The van der Waals surface area contributed by atoms with Crippen molar-refractivity contribution >= 4 is 5.69 Å². The smallest absolute Gasteiger partial charge is 0.280 e. The van der Waals surface area contributed by atoms with Gasteiger partial charge in [0, 0.05) is 6.54 Å². The van der Waals surface area contributed by atoms with E-state index in [9.17, 15) is 13.9 Å². The van der Waals surface area contributed by atoms with Gasteiger partial charge in [0.1, 0.15) is 5.69 Å². The highest BCUT2D eigenvalue weighted by Crippen LogP contribution is 2.27. The van der Waals surface area contributed by atoms with Crippen LogP contribution in [0.15, 0.2) is 6.07 Å². The number of anilines is 1. The van der Waals surface area contributed by atoms with Crippen LogP contribution in [-0.2, 0) is 6.54 Å². The molecule has 5 N–H and O–H groups in total. The van der Waals surface area contributed by atoms with Gasteiger partial charge in [-0.3, -0.25) is 0 Å². The molecule has 0 bridgehead atoms. The normalized spacial score (nSPS) is 10.8. The summed E-state index contributed by atoms with van der Waals surface area (Å²) < 4.78 is 24.3. The van der Waals surface area contributed by atoms with E-state index in [0.717, 1.165) is 6.07 Å². The fraction of sp³-hybridized carbons (Fsp3) is 0.286. The Morgan fingerprint density at radius 2 is 2.15 bits per heavy atom. The van der Waals surface area contributed by atoms with Gasteiger partial charge in [-0.15, -0.1) is 0 Å². The van der Waals surface area contributed by atoms with Crippen LogP contribution in [0.1, 0.15) is 17.8 Å². The van der Waals surface area contributed by atoms with Gasteiger partial charge in [-0.25, -0.2) is 13.8 Å². The summed E-state index contributed by atoms with van der Waals surface area (Å²) in [5.74, 6) is -0.327. The lowest BCUT2D eigenvalue weighted by molar-refractivity contribution is 0.145. The summed E-state index contributed by atoms with van der Waals surface area (Å²) >= 11 is 0. The molecule has 0 saturated heterocycles. The van der Waals surface area contributed by atoms with Crippen molar-refractivity contribution in [2.45, 2.75) is 13.0 Å². The van der Waals surface area contributed by atoms with E-state index in [1.165, 1.54) is 0 Å². The topological polar surface area (TPSA) is 85.2 Å². The van der Waals surface area contributed by atoms with Crippen molar-refractivity contribution < 1.29 is 13.9 Å². The summed E-state index contributed by atoms with van der Waals surface area (Å²) in [5, 5.41) is 9.19. The molecule has 0 spiro atoms. The third-order valence-corrected chi connectivity index (χ3v) is 1.53. The summed E-state index contributed by atoms with van der Waals surface area (Å²) in [7, 11) is 0. The van der Waals surface area contributed by atoms with E-state index >= 15 is 0 Å². The van der Waals surface area contributed by atoms with Crippen molar-refractivity contribution in [2.24, 2.45) is 5.73 Å². The minimum atomic E-state index is -2.71. The van der Waals surface area contributed by atoms with E-state index in [-0.39, 0.29) is 23.7 Å². The van der Waals surface area contributed by atoms with Crippen LogP contribution in [0.4, 0.5) is 14.5 Å². The van der Waals surface area contributed by atoms with E-state index in [4.69, 9.17) is 11.5 Å². The van der Waals surface area contributed by atoms with Gasteiger partial charge in [0.2, 0.25) is 0 Å². The molecule has 6 heteroatoms. The molecule has 1 aromatic rings. The summed E-state index contributed by atoms with van der Waals surface area (Å²) in [4.78, 5) is 3.45.